The molecule has 0 fully saturated rings. The minimum absolute atomic E-state index is 0.224. The van der Waals surface area contributed by atoms with E-state index in [0.29, 0.717) is 16.3 Å². The molecule has 0 aromatic heterocycles. The second kappa shape index (κ2) is 8.42. The third-order valence-electron chi connectivity index (χ3n) is 3.05. The quantitative estimate of drug-likeness (QED) is 0.461. The van der Waals surface area contributed by atoms with Crippen molar-refractivity contribution >= 4 is 41.0 Å². The van der Waals surface area contributed by atoms with E-state index in [4.69, 9.17) is 10.5 Å². The normalized spacial score (nSPS) is 12.9. The molecule has 0 bridgehead atoms. The Kier molecular flexibility index (Phi) is 6.89. The largest absolute Gasteiger partial charge is 0.469 e. The van der Waals surface area contributed by atoms with Crippen LogP contribution in [-0.2, 0) is 23.9 Å². The highest BCUT2D eigenvalue weighted by molar-refractivity contribution is 8.00. The summed E-state index contributed by atoms with van der Waals surface area (Å²) in [4.78, 5) is 35.4. The fraction of sp³-hybridized carbons (Fsp3) is 0.400. The third-order valence-corrected chi connectivity index (χ3v) is 4.51. The molecule has 126 valence electrons. The smallest absolute Gasteiger partial charge is 0.320 e. The van der Waals surface area contributed by atoms with Crippen LogP contribution in [0.2, 0.25) is 0 Å². The minimum Gasteiger partial charge on any atom is -0.469 e. The first kappa shape index (κ1) is 18.8. The van der Waals surface area contributed by atoms with Crippen molar-refractivity contribution in [2.45, 2.75) is 24.0 Å². The van der Waals surface area contributed by atoms with Gasteiger partial charge in [0.25, 0.3) is 0 Å². The SMILES string of the molecule is COC(=O)[C@@H](C)[C@@H](Sc1cc(NC(C)=O)ccc1N)C(=O)OC. The van der Waals surface area contributed by atoms with E-state index in [0.717, 1.165) is 11.8 Å². The van der Waals surface area contributed by atoms with Crippen LogP contribution in [0.4, 0.5) is 11.4 Å². The monoisotopic (exact) mass is 340 g/mol. The Bertz CT molecular complexity index is 606. The number of anilines is 2. The maximum atomic E-state index is 12.0. The summed E-state index contributed by atoms with van der Waals surface area (Å²) >= 11 is 1.09. The number of esters is 2. The lowest BCUT2D eigenvalue weighted by Crippen LogP contribution is -2.32. The first-order valence-electron chi connectivity index (χ1n) is 6.79. The molecule has 0 aliphatic carbocycles. The first-order valence-corrected chi connectivity index (χ1v) is 7.67. The second-order valence-electron chi connectivity index (χ2n) is 4.81. The number of benzene rings is 1. The Morgan fingerprint density at radius 3 is 2.30 bits per heavy atom. The molecule has 0 aliphatic rings. The molecule has 3 N–H and O–H groups in total. The van der Waals surface area contributed by atoms with E-state index in [9.17, 15) is 14.4 Å². The number of nitrogens with two attached hydrogens (primary N) is 1. The Balaban J connectivity index is 3.09. The fourth-order valence-corrected chi connectivity index (χ4v) is 3.01. The zero-order valence-electron chi connectivity index (χ0n) is 13.4. The second-order valence-corrected chi connectivity index (χ2v) is 5.99. The summed E-state index contributed by atoms with van der Waals surface area (Å²) in [5, 5.41) is 1.82. The molecule has 0 saturated carbocycles. The molecule has 0 unspecified atom stereocenters. The van der Waals surface area contributed by atoms with Crippen LogP contribution in [0.5, 0.6) is 0 Å². The van der Waals surface area contributed by atoms with Gasteiger partial charge >= 0.3 is 11.9 Å². The zero-order chi connectivity index (χ0) is 17.6. The van der Waals surface area contributed by atoms with Crippen LogP contribution < -0.4 is 11.1 Å². The van der Waals surface area contributed by atoms with Crippen molar-refractivity contribution in [2.24, 2.45) is 5.92 Å². The Morgan fingerprint density at radius 1 is 1.17 bits per heavy atom. The number of methoxy groups -OCH3 is 2. The van der Waals surface area contributed by atoms with E-state index >= 15 is 0 Å². The average Bonchev–Trinajstić information content (AvgIpc) is 2.52. The van der Waals surface area contributed by atoms with Crippen LogP contribution in [0.1, 0.15) is 13.8 Å². The number of hydrogen-bond acceptors (Lipinski definition) is 7. The molecule has 0 spiro atoms. The summed E-state index contributed by atoms with van der Waals surface area (Å²) < 4.78 is 9.44. The van der Waals surface area contributed by atoms with Crippen molar-refractivity contribution in [3.63, 3.8) is 0 Å². The van der Waals surface area contributed by atoms with E-state index in [1.807, 2.05) is 0 Å². The van der Waals surface area contributed by atoms with Gasteiger partial charge in [-0.25, -0.2) is 0 Å². The van der Waals surface area contributed by atoms with Crippen molar-refractivity contribution in [1.29, 1.82) is 0 Å². The van der Waals surface area contributed by atoms with E-state index in [1.54, 1.807) is 25.1 Å². The van der Waals surface area contributed by atoms with Gasteiger partial charge in [0.15, 0.2) is 0 Å². The maximum Gasteiger partial charge on any atom is 0.320 e. The molecule has 1 aromatic rings. The van der Waals surface area contributed by atoms with Crippen molar-refractivity contribution in [3.8, 4) is 0 Å². The molecule has 8 heteroatoms. The number of nitrogen functional groups attached to an aromatic ring is 1. The predicted octanol–water partition coefficient (Wildman–Crippen LogP) is 1.67. The molecule has 1 amide bonds. The molecular formula is C15H20N2O5S. The van der Waals surface area contributed by atoms with Crippen LogP contribution in [-0.4, -0.2) is 37.3 Å². The van der Waals surface area contributed by atoms with Gasteiger partial charge in [-0.1, -0.05) is 6.92 Å². The van der Waals surface area contributed by atoms with Crippen LogP contribution in [0.3, 0.4) is 0 Å². The van der Waals surface area contributed by atoms with Gasteiger partial charge in [-0.2, -0.15) is 0 Å². The summed E-state index contributed by atoms with van der Waals surface area (Å²) in [6.07, 6.45) is 0. The molecular weight excluding hydrogens is 320 g/mol. The summed E-state index contributed by atoms with van der Waals surface area (Å²) in [5.74, 6) is -2.03. The Morgan fingerprint density at radius 2 is 1.78 bits per heavy atom. The molecule has 1 aromatic carbocycles. The van der Waals surface area contributed by atoms with Crippen molar-refractivity contribution in [1.82, 2.24) is 0 Å². The molecule has 0 radical (unpaired) electrons. The highest BCUT2D eigenvalue weighted by Crippen LogP contribution is 2.35. The maximum absolute atomic E-state index is 12.0. The summed E-state index contributed by atoms with van der Waals surface area (Å²) in [6.45, 7) is 2.97. The number of rotatable bonds is 6. The van der Waals surface area contributed by atoms with Gasteiger partial charge in [-0.05, 0) is 18.2 Å². The van der Waals surface area contributed by atoms with Gasteiger partial charge in [-0.15, -0.1) is 11.8 Å². The average molecular weight is 340 g/mol. The summed E-state index contributed by atoms with van der Waals surface area (Å²) in [7, 11) is 2.50. The lowest BCUT2D eigenvalue weighted by molar-refractivity contribution is -0.150. The number of thioether (sulfide) groups is 1. The van der Waals surface area contributed by atoms with Gasteiger partial charge in [0.05, 0.1) is 20.1 Å². The molecule has 0 aliphatic heterocycles. The van der Waals surface area contributed by atoms with Gasteiger partial charge in [0, 0.05) is 23.2 Å². The standard InChI is InChI=1S/C15H20N2O5S/c1-8(14(19)21-3)13(15(20)22-4)23-12-7-10(17-9(2)18)5-6-11(12)16/h5-8,13H,16H2,1-4H3,(H,17,18)/t8-,13+/m0/s1. The fourth-order valence-electron chi connectivity index (χ4n) is 1.83. The van der Waals surface area contributed by atoms with Gasteiger partial charge in [-0.3, -0.25) is 14.4 Å². The number of ether oxygens (including phenoxy) is 2. The minimum atomic E-state index is -0.817. The van der Waals surface area contributed by atoms with E-state index in [1.165, 1.54) is 21.1 Å². The van der Waals surface area contributed by atoms with E-state index in [2.05, 4.69) is 10.1 Å². The highest BCUT2D eigenvalue weighted by atomic mass is 32.2. The van der Waals surface area contributed by atoms with Crippen LogP contribution in [0.15, 0.2) is 23.1 Å². The number of amides is 1. The predicted molar refractivity (Wildman–Crippen MR) is 88.0 cm³/mol. The van der Waals surface area contributed by atoms with Gasteiger partial charge in [0.1, 0.15) is 5.25 Å². The number of carbonyl (C=O) groups is 3. The lowest BCUT2D eigenvalue weighted by atomic mass is 10.1. The van der Waals surface area contributed by atoms with Crippen molar-refractivity contribution in [2.75, 3.05) is 25.3 Å². The van der Waals surface area contributed by atoms with Gasteiger partial charge in [0.2, 0.25) is 5.91 Å². The molecule has 0 heterocycles. The van der Waals surface area contributed by atoms with E-state index < -0.39 is 23.1 Å². The highest BCUT2D eigenvalue weighted by Gasteiger charge is 2.33. The van der Waals surface area contributed by atoms with Crippen LogP contribution in [0.25, 0.3) is 0 Å². The van der Waals surface area contributed by atoms with Crippen LogP contribution in [0, 0.1) is 5.92 Å². The number of carbonyl (C=O) groups excluding carboxylic acids is 3. The molecule has 7 nitrogen and oxygen atoms in total. The van der Waals surface area contributed by atoms with E-state index in [-0.39, 0.29) is 5.91 Å². The molecule has 23 heavy (non-hydrogen) atoms. The van der Waals surface area contributed by atoms with Gasteiger partial charge < -0.3 is 20.5 Å². The molecule has 2 atom stereocenters. The Labute approximate surface area is 138 Å². The molecule has 0 saturated heterocycles. The number of nitrogens with one attached hydrogen (secondary N) is 1. The zero-order valence-corrected chi connectivity index (χ0v) is 14.2. The lowest BCUT2D eigenvalue weighted by Gasteiger charge is -2.20. The first-order chi connectivity index (χ1) is 10.8. The van der Waals surface area contributed by atoms with Crippen molar-refractivity contribution < 1.29 is 23.9 Å². The topological polar surface area (TPSA) is 108 Å². The van der Waals surface area contributed by atoms with Crippen molar-refractivity contribution in [3.05, 3.63) is 18.2 Å². The number of hydrogen-bond donors (Lipinski definition) is 2. The third kappa shape index (κ3) is 5.17. The summed E-state index contributed by atoms with van der Waals surface area (Å²) in [5.41, 5.74) is 6.89. The summed E-state index contributed by atoms with van der Waals surface area (Å²) in [6, 6.07) is 4.91. The Hall–Kier alpha value is -2.22. The van der Waals surface area contributed by atoms with Crippen LogP contribution >= 0.6 is 11.8 Å². The molecule has 1 rings (SSSR count).